The second-order valence-corrected chi connectivity index (χ2v) is 6.53. The number of para-hydroxylation sites is 1. The SMILES string of the molecule is C=CCc1ccccc1OCC#CCNC(=O)COc1ccc(C(C)C)cc1. The molecule has 2 aromatic rings. The molecule has 1 amide bonds. The fourth-order valence-electron chi connectivity index (χ4n) is 2.49. The third kappa shape index (κ3) is 7.20. The third-order valence-electron chi connectivity index (χ3n) is 4.05. The van der Waals surface area contributed by atoms with Gasteiger partial charge in [-0.05, 0) is 41.7 Å². The van der Waals surface area contributed by atoms with Crippen molar-refractivity contribution in [1.29, 1.82) is 0 Å². The Hall–Kier alpha value is -3.19. The predicted octanol–water partition coefficient (Wildman–Crippen LogP) is 4.12. The summed E-state index contributed by atoms with van der Waals surface area (Å²) < 4.78 is 11.2. The van der Waals surface area contributed by atoms with Gasteiger partial charge in [-0.1, -0.05) is 62.1 Å². The molecule has 4 nitrogen and oxygen atoms in total. The molecule has 2 rings (SSSR count). The summed E-state index contributed by atoms with van der Waals surface area (Å²) >= 11 is 0. The number of ether oxygens (including phenoxy) is 2. The van der Waals surface area contributed by atoms with Crippen LogP contribution in [0.2, 0.25) is 0 Å². The standard InChI is InChI=1S/C24H27NO3/c1-4-9-21-10-5-6-11-23(21)27-17-8-7-16-25-24(26)18-28-22-14-12-20(13-15-22)19(2)3/h4-6,10-15,19H,1,9,16-18H2,2-3H3,(H,25,26). The molecule has 0 saturated carbocycles. The minimum absolute atomic E-state index is 0.0336. The first-order chi connectivity index (χ1) is 13.6. The first-order valence-electron chi connectivity index (χ1n) is 9.37. The highest BCUT2D eigenvalue weighted by atomic mass is 16.5. The minimum atomic E-state index is -0.209. The zero-order valence-corrected chi connectivity index (χ0v) is 16.5. The smallest absolute Gasteiger partial charge is 0.258 e. The lowest BCUT2D eigenvalue weighted by Crippen LogP contribution is -2.29. The van der Waals surface area contributed by atoms with E-state index in [-0.39, 0.29) is 25.7 Å². The topological polar surface area (TPSA) is 47.6 Å². The van der Waals surface area contributed by atoms with E-state index in [0.717, 1.165) is 17.7 Å². The average Bonchev–Trinajstić information content (AvgIpc) is 2.70. The summed E-state index contributed by atoms with van der Waals surface area (Å²) in [6, 6.07) is 15.6. The molecule has 0 aliphatic rings. The van der Waals surface area contributed by atoms with Crippen LogP contribution >= 0.6 is 0 Å². The summed E-state index contributed by atoms with van der Waals surface area (Å²) in [5.74, 6) is 7.51. The van der Waals surface area contributed by atoms with Crippen LogP contribution in [-0.2, 0) is 11.2 Å². The minimum Gasteiger partial charge on any atom is -0.484 e. The van der Waals surface area contributed by atoms with Crippen molar-refractivity contribution in [3.63, 3.8) is 0 Å². The number of allylic oxidation sites excluding steroid dienone is 1. The van der Waals surface area contributed by atoms with Gasteiger partial charge < -0.3 is 14.8 Å². The number of benzene rings is 2. The molecule has 2 aromatic carbocycles. The molecule has 0 spiro atoms. The predicted molar refractivity (Wildman–Crippen MR) is 113 cm³/mol. The van der Waals surface area contributed by atoms with Crippen LogP contribution < -0.4 is 14.8 Å². The molecular formula is C24H27NO3. The molecule has 0 heterocycles. The van der Waals surface area contributed by atoms with Crippen LogP contribution in [0.25, 0.3) is 0 Å². The Morgan fingerprint density at radius 2 is 1.86 bits per heavy atom. The van der Waals surface area contributed by atoms with E-state index in [4.69, 9.17) is 9.47 Å². The Kier molecular flexibility index (Phi) is 8.68. The summed E-state index contributed by atoms with van der Waals surface area (Å²) in [5, 5.41) is 2.71. The van der Waals surface area contributed by atoms with Gasteiger partial charge in [0.05, 0.1) is 6.54 Å². The van der Waals surface area contributed by atoms with Crippen molar-refractivity contribution in [2.24, 2.45) is 0 Å². The van der Waals surface area contributed by atoms with Gasteiger partial charge in [-0.15, -0.1) is 6.58 Å². The van der Waals surface area contributed by atoms with E-state index in [2.05, 4.69) is 37.6 Å². The van der Waals surface area contributed by atoms with Crippen molar-refractivity contribution >= 4 is 5.91 Å². The van der Waals surface area contributed by atoms with E-state index in [9.17, 15) is 4.79 Å². The van der Waals surface area contributed by atoms with Crippen LogP contribution in [0.4, 0.5) is 0 Å². The number of carbonyl (C=O) groups is 1. The van der Waals surface area contributed by atoms with Gasteiger partial charge in [-0.3, -0.25) is 4.79 Å². The molecule has 28 heavy (non-hydrogen) atoms. The van der Waals surface area contributed by atoms with Gasteiger partial charge in [-0.2, -0.15) is 0 Å². The van der Waals surface area contributed by atoms with E-state index < -0.39 is 0 Å². The summed E-state index contributed by atoms with van der Waals surface area (Å²) in [7, 11) is 0. The molecule has 0 atom stereocenters. The van der Waals surface area contributed by atoms with Gasteiger partial charge in [0, 0.05) is 0 Å². The van der Waals surface area contributed by atoms with Gasteiger partial charge in [0.1, 0.15) is 18.1 Å². The van der Waals surface area contributed by atoms with E-state index in [0.29, 0.717) is 11.7 Å². The Morgan fingerprint density at radius 3 is 2.57 bits per heavy atom. The van der Waals surface area contributed by atoms with E-state index in [1.807, 2.05) is 54.6 Å². The molecule has 0 radical (unpaired) electrons. The second kappa shape index (κ2) is 11.5. The Morgan fingerprint density at radius 1 is 1.11 bits per heavy atom. The zero-order chi connectivity index (χ0) is 20.2. The maximum absolute atomic E-state index is 11.8. The first-order valence-corrected chi connectivity index (χ1v) is 9.37. The highest BCUT2D eigenvalue weighted by Gasteiger charge is 2.03. The van der Waals surface area contributed by atoms with Gasteiger partial charge in [-0.25, -0.2) is 0 Å². The van der Waals surface area contributed by atoms with Crippen LogP contribution in [0.1, 0.15) is 30.9 Å². The average molecular weight is 377 g/mol. The molecule has 4 heteroatoms. The molecule has 146 valence electrons. The largest absolute Gasteiger partial charge is 0.484 e. The lowest BCUT2D eigenvalue weighted by atomic mass is 10.0. The quantitative estimate of drug-likeness (QED) is 0.528. The Balaban J connectivity index is 1.67. The summed E-state index contributed by atoms with van der Waals surface area (Å²) in [4.78, 5) is 11.8. The molecule has 0 aromatic heterocycles. The lowest BCUT2D eigenvalue weighted by Gasteiger charge is -2.08. The number of rotatable bonds is 9. The van der Waals surface area contributed by atoms with Crippen molar-refractivity contribution in [3.8, 4) is 23.3 Å². The highest BCUT2D eigenvalue weighted by Crippen LogP contribution is 2.19. The van der Waals surface area contributed by atoms with Gasteiger partial charge in [0.25, 0.3) is 5.91 Å². The number of nitrogens with one attached hydrogen (secondary N) is 1. The van der Waals surface area contributed by atoms with Crippen molar-refractivity contribution in [2.45, 2.75) is 26.2 Å². The molecule has 0 saturated heterocycles. The van der Waals surface area contributed by atoms with Crippen LogP contribution in [0, 0.1) is 11.8 Å². The van der Waals surface area contributed by atoms with Crippen LogP contribution in [0.15, 0.2) is 61.2 Å². The molecule has 0 fully saturated rings. The monoisotopic (exact) mass is 377 g/mol. The van der Waals surface area contributed by atoms with Gasteiger partial charge in [0.15, 0.2) is 6.61 Å². The molecule has 1 N–H and O–H groups in total. The summed E-state index contributed by atoms with van der Waals surface area (Å²) in [6.07, 6.45) is 2.59. The Labute approximate surface area is 167 Å². The fourth-order valence-corrected chi connectivity index (χ4v) is 2.49. The number of amides is 1. The molecule has 0 bridgehead atoms. The van der Waals surface area contributed by atoms with Crippen molar-refractivity contribution in [3.05, 3.63) is 72.3 Å². The van der Waals surface area contributed by atoms with Crippen LogP contribution in [0.5, 0.6) is 11.5 Å². The number of carbonyl (C=O) groups excluding carboxylic acids is 1. The Bertz CT molecular complexity index is 829. The number of hydrogen-bond acceptors (Lipinski definition) is 3. The first kappa shape index (κ1) is 21.1. The van der Waals surface area contributed by atoms with E-state index >= 15 is 0 Å². The van der Waals surface area contributed by atoms with E-state index in [1.54, 1.807) is 0 Å². The molecule has 0 unspecified atom stereocenters. The van der Waals surface area contributed by atoms with Crippen LogP contribution in [0.3, 0.4) is 0 Å². The van der Waals surface area contributed by atoms with E-state index in [1.165, 1.54) is 5.56 Å². The van der Waals surface area contributed by atoms with Gasteiger partial charge >= 0.3 is 0 Å². The highest BCUT2D eigenvalue weighted by molar-refractivity contribution is 5.77. The molecule has 0 aliphatic carbocycles. The van der Waals surface area contributed by atoms with Crippen LogP contribution in [-0.4, -0.2) is 25.7 Å². The van der Waals surface area contributed by atoms with Gasteiger partial charge in [0.2, 0.25) is 0 Å². The molecular weight excluding hydrogens is 350 g/mol. The second-order valence-electron chi connectivity index (χ2n) is 6.53. The summed E-state index contributed by atoms with van der Waals surface area (Å²) in [5.41, 5.74) is 2.31. The van der Waals surface area contributed by atoms with Crippen molar-refractivity contribution < 1.29 is 14.3 Å². The maximum atomic E-state index is 11.8. The third-order valence-corrected chi connectivity index (χ3v) is 4.05. The molecule has 0 aliphatic heterocycles. The van der Waals surface area contributed by atoms with Crippen molar-refractivity contribution in [2.75, 3.05) is 19.8 Å². The summed E-state index contributed by atoms with van der Waals surface area (Å²) in [6.45, 7) is 8.50. The number of hydrogen-bond donors (Lipinski definition) is 1. The fraction of sp³-hybridized carbons (Fsp3) is 0.292. The zero-order valence-electron chi connectivity index (χ0n) is 16.5. The lowest BCUT2D eigenvalue weighted by molar-refractivity contribution is -0.122. The van der Waals surface area contributed by atoms with Crippen molar-refractivity contribution in [1.82, 2.24) is 5.32 Å². The normalized spacial score (nSPS) is 9.96. The maximum Gasteiger partial charge on any atom is 0.258 e.